The minimum absolute atomic E-state index is 0.190. The fourth-order valence-corrected chi connectivity index (χ4v) is 2.65. The molecular formula is C14H28N2O2. The lowest BCUT2D eigenvalue weighted by molar-refractivity contribution is -0.129. The van der Waals surface area contributed by atoms with Crippen LogP contribution in [0.3, 0.4) is 0 Å². The Labute approximate surface area is 111 Å². The lowest BCUT2D eigenvalue weighted by Gasteiger charge is -2.31. The van der Waals surface area contributed by atoms with Crippen LogP contribution in [0.1, 0.15) is 45.4 Å². The summed E-state index contributed by atoms with van der Waals surface area (Å²) in [4.78, 5) is 15.7. The normalized spacial score (nSPS) is 23.4. The number of rotatable bonds is 5. The number of aliphatic hydroxyl groups excluding tert-OH is 1. The number of aliphatic hydroxyl groups is 1. The Kier molecular flexibility index (Phi) is 6.65. The third-order valence-corrected chi connectivity index (χ3v) is 3.72. The van der Waals surface area contributed by atoms with Gasteiger partial charge in [-0.25, -0.2) is 0 Å². The highest BCUT2D eigenvalue weighted by molar-refractivity contribution is 5.75. The first-order valence-corrected chi connectivity index (χ1v) is 7.13. The summed E-state index contributed by atoms with van der Waals surface area (Å²) in [5, 5.41) is 9.58. The topological polar surface area (TPSA) is 43.8 Å². The van der Waals surface area contributed by atoms with Crippen molar-refractivity contribution >= 4 is 5.91 Å². The molecular weight excluding hydrogens is 228 g/mol. The number of amides is 1. The molecule has 4 heteroatoms. The van der Waals surface area contributed by atoms with Crippen LogP contribution >= 0.6 is 0 Å². The van der Waals surface area contributed by atoms with Crippen LogP contribution in [0.5, 0.6) is 0 Å². The van der Waals surface area contributed by atoms with Crippen LogP contribution < -0.4 is 0 Å². The predicted molar refractivity (Wildman–Crippen MR) is 73.4 cm³/mol. The van der Waals surface area contributed by atoms with E-state index >= 15 is 0 Å². The molecule has 0 radical (unpaired) electrons. The summed E-state index contributed by atoms with van der Waals surface area (Å²) in [6.07, 6.45) is 6.05. The maximum atomic E-state index is 11.7. The van der Waals surface area contributed by atoms with Gasteiger partial charge in [0, 0.05) is 33.1 Å². The molecule has 1 fully saturated rings. The van der Waals surface area contributed by atoms with Crippen molar-refractivity contribution in [2.45, 2.75) is 57.6 Å². The summed E-state index contributed by atoms with van der Waals surface area (Å²) in [7, 11) is 3.61. The smallest absolute Gasteiger partial charge is 0.223 e. The third kappa shape index (κ3) is 5.36. The summed E-state index contributed by atoms with van der Waals surface area (Å²) in [5.41, 5.74) is 0. The molecule has 0 spiro atoms. The van der Waals surface area contributed by atoms with Crippen LogP contribution in [0.25, 0.3) is 0 Å². The summed E-state index contributed by atoms with van der Waals surface area (Å²) in [6.45, 7) is 3.75. The first-order chi connectivity index (χ1) is 8.50. The van der Waals surface area contributed by atoms with Crippen molar-refractivity contribution in [2.24, 2.45) is 0 Å². The van der Waals surface area contributed by atoms with Crippen molar-refractivity contribution < 1.29 is 9.90 Å². The zero-order valence-corrected chi connectivity index (χ0v) is 12.1. The Morgan fingerprint density at radius 2 is 2.11 bits per heavy atom. The quantitative estimate of drug-likeness (QED) is 0.810. The molecule has 0 aromatic rings. The van der Waals surface area contributed by atoms with Gasteiger partial charge < -0.3 is 10.0 Å². The molecule has 1 rings (SSSR count). The maximum Gasteiger partial charge on any atom is 0.223 e. The molecule has 0 aliphatic carbocycles. The highest BCUT2D eigenvalue weighted by Crippen LogP contribution is 2.20. The second-order valence-corrected chi connectivity index (χ2v) is 5.66. The molecule has 0 aromatic carbocycles. The third-order valence-electron chi connectivity index (χ3n) is 3.72. The molecule has 4 nitrogen and oxygen atoms in total. The number of hydrogen-bond donors (Lipinski definition) is 1. The second-order valence-electron chi connectivity index (χ2n) is 5.66. The van der Waals surface area contributed by atoms with E-state index in [1.54, 1.807) is 19.0 Å². The van der Waals surface area contributed by atoms with Gasteiger partial charge >= 0.3 is 0 Å². The Bertz CT molecular complexity index is 254. The van der Waals surface area contributed by atoms with E-state index in [4.69, 9.17) is 0 Å². The van der Waals surface area contributed by atoms with E-state index in [2.05, 4.69) is 4.90 Å². The lowest BCUT2D eigenvalue weighted by Crippen LogP contribution is -2.39. The van der Waals surface area contributed by atoms with Gasteiger partial charge in [-0.2, -0.15) is 0 Å². The highest BCUT2D eigenvalue weighted by Gasteiger charge is 2.22. The van der Waals surface area contributed by atoms with Crippen molar-refractivity contribution in [1.29, 1.82) is 0 Å². The molecule has 1 amide bonds. The SMILES string of the molecule is CC(O)CC1CCCCCN1CCC(=O)N(C)C. The van der Waals surface area contributed by atoms with Gasteiger partial charge in [-0.05, 0) is 32.7 Å². The molecule has 1 heterocycles. The molecule has 0 aromatic heterocycles. The van der Waals surface area contributed by atoms with Gasteiger partial charge in [0.15, 0.2) is 0 Å². The molecule has 2 unspecified atom stereocenters. The van der Waals surface area contributed by atoms with Crippen molar-refractivity contribution in [1.82, 2.24) is 9.80 Å². The number of hydrogen-bond acceptors (Lipinski definition) is 3. The van der Waals surface area contributed by atoms with Gasteiger partial charge in [-0.15, -0.1) is 0 Å². The molecule has 2 atom stereocenters. The average molecular weight is 256 g/mol. The van der Waals surface area contributed by atoms with Crippen LogP contribution in [0.2, 0.25) is 0 Å². The monoisotopic (exact) mass is 256 g/mol. The molecule has 1 aliphatic rings. The summed E-state index contributed by atoms with van der Waals surface area (Å²) < 4.78 is 0. The molecule has 1 aliphatic heterocycles. The first kappa shape index (κ1) is 15.4. The van der Waals surface area contributed by atoms with Gasteiger partial charge in [-0.3, -0.25) is 9.69 Å². The van der Waals surface area contributed by atoms with E-state index < -0.39 is 0 Å². The summed E-state index contributed by atoms with van der Waals surface area (Å²) >= 11 is 0. The number of carbonyl (C=O) groups is 1. The van der Waals surface area contributed by atoms with Crippen LogP contribution in [-0.4, -0.2) is 60.1 Å². The van der Waals surface area contributed by atoms with Crippen molar-refractivity contribution in [3.63, 3.8) is 0 Å². The fraction of sp³-hybridized carbons (Fsp3) is 0.929. The fourth-order valence-electron chi connectivity index (χ4n) is 2.65. The van der Waals surface area contributed by atoms with Crippen LogP contribution in [0.4, 0.5) is 0 Å². The summed E-state index contributed by atoms with van der Waals surface area (Å²) in [6, 6.07) is 0.447. The zero-order chi connectivity index (χ0) is 13.5. The second kappa shape index (κ2) is 7.74. The van der Waals surface area contributed by atoms with Crippen LogP contribution in [-0.2, 0) is 4.79 Å². The molecule has 106 valence electrons. The van der Waals surface area contributed by atoms with E-state index in [1.807, 2.05) is 6.92 Å². The van der Waals surface area contributed by atoms with Crippen LogP contribution in [0.15, 0.2) is 0 Å². The Morgan fingerprint density at radius 3 is 2.72 bits per heavy atom. The predicted octanol–water partition coefficient (Wildman–Crippen LogP) is 1.48. The van der Waals surface area contributed by atoms with E-state index in [0.717, 1.165) is 25.9 Å². The van der Waals surface area contributed by atoms with Gasteiger partial charge in [0.1, 0.15) is 0 Å². The molecule has 0 bridgehead atoms. The van der Waals surface area contributed by atoms with E-state index in [0.29, 0.717) is 12.5 Å². The van der Waals surface area contributed by atoms with E-state index in [9.17, 15) is 9.90 Å². The zero-order valence-electron chi connectivity index (χ0n) is 12.1. The van der Waals surface area contributed by atoms with E-state index in [-0.39, 0.29) is 12.0 Å². The Morgan fingerprint density at radius 1 is 1.39 bits per heavy atom. The average Bonchev–Trinajstić information content (AvgIpc) is 2.50. The van der Waals surface area contributed by atoms with Crippen molar-refractivity contribution in [2.75, 3.05) is 27.2 Å². The van der Waals surface area contributed by atoms with Crippen molar-refractivity contribution in [3.05, 3.63) is 0 Å². The summed E-state index contributed by atoms with van der Waals surface area (Å²) in [5.74, 6) is 0.190. The minimum Gasteiger partial charge on any atom is -0.393 e. The lowest BCUT2D eigenvalue weighted by atomic mass is 10.0. The van der Waals surface area contributed by atoms with Crippen molar-refractivity contribution in [3.8, 4) is 0 Å². The molecule has 18 heavy (non-hydrogen) atoms. The molecule has 1 N–H and O–H groups in total. The van der Waals surface area contributed by atoms with Gasteiger partial charge in [0.2, 0.25) is 5.91 Å². The first-order valence-electron chi connectivity index (χ1n) is 7.13. The van der Waals surface area contributed by atoms with Crippen LogP contribution in [0, 0.1) is 0 Å². The number of carbonyl (C=O) groups excluding carboxylic acids is 1. The van der Waals surface area contributed by atoms with E-state index in [1.165, 1.54) is 19.3 Å². The van der Waals surface area contributed by atoms with Gasteiger partial charge in [0.05, 0.1) is 6.10 Å². The van der Waals surface area contributed by atoms with Gasteiger partial charge in [0.25, 0.3) is 0 Å². The standard InChI is InChI=1S/C14H28N2O2/c1-12(17)11-13-7-5-4-6-9-16(13)10-8-14(18)15(2)3/h12-13,17H,4-11H2,1-3H3. The number of likely N-dealkylation sites (tertiary alicyclic amines) is 1. The largest absolute Gasteiger partial charge is 0.393 e. The highest BCUT2D eigenvalue weighted by atomic mass is 16.3. The molecule has 1 saturated heterocycles. The minimum atomic E-state index is -0.250. The molecule has 0 saturated carbocycles. The Balaban J connectivity index is 2.48. The number of nitrogens with zero attached hydrogens (tertiary/aromatic N) is 2. The maximum absolute atomic E-state index is 11.7. The van der Waals surface area contributed by atoms with Gasteiger partial charge in [-0.1, -0.05) is 12.8 Å². The Hall–Kier alpha value is -0.610.